The minimum atomic E-state index is -0.581. The van der Waals surface area contributed by atoms with Crippen molar-refractivity contribution in [3.05, 3.63) is 29.3 Å². The normalized spacial score (nSPS) is 18.4. The van der Waals surface area contributed by atoms with E-state index in [2.05, 4.69) is 11.4 Å². The Morgan fingerprint density at radius 2 is 2.00 bits per heavy atom. The zero-order chi connectivity index (χ0) is 14.7. The summed E-state index contributed by atoms with van der Waals surface area (Å²) >= 11 is 0. The summed E-state index contributed by atoms with van der Waals surface area (Å²) in [5.41, 5.74) is 8.46. The molecule has 108 valence electrons. The van der Waals surface area contributed by atoms with Crippen LogP contribution < -0.4 is 16.0 Å². The van der Waals surface area contributed by atoms with Gasteiger partial charge in [0.25, 0.3) is 0 Å². The van der Waals surface area contributed by atoms with Gasteiger partial charge in [-0.25, -0.2) is 0 Å². The summed E-state index contributed by atoms with van der Waals surface area (Å²) in [5, 5.41) is 2.69. The fraction of sp³-hybridized carbons (Fsp3) is 0.467. The standard InChI is InChI=1S/C15H21N3O2/c1-10-7-11(2)9-12(8-10)18-6-3-13(15(18)20)14(19)17-5-4-16/h7-9,13H,3-6,16H2,1-2H3,(H,17,19). The Morgan fingerprint density at radius 3 is 2.60 bits per heavy atom. The fourth-order valence-electron chi connectivity index (χ4n) is 2.60. The molecule has 1 aromatic carbocycles. The number of benzene rings is 1. The predicted molar refractivity (Wildman–Crippen MR) is 78.4 cm³/mol. The van der Waals surface area contributed by atoms with Crippen molar-refractivity contribution in [2.45, 2.75) is 20.3 Å². The molecule has 2 rings (SSSR count). The van der Waals surface area contributed by atoms with Crippen LogP contribution in [0, 0.1) is 19.8 Å². The van der Waals surface area contributed by atoms with Gasteiger partial charge in [0, 0.05) is 25.3 Å². The molecule has 5 heteroatoms. The minimum Gasteiger partial charge on any atom is -0.354 e. The first-order valence-corrected chi connectivity index (χ1v) is 6.90. The molecular weight excluding hydrogens is 254 g/mol. The van der Waals surface area contributed by atoms with Gasteiger partial charge < -0.3 is 16.0 Å². The van der Waals surface area contributed by atoms with E-state index in [4.69, 9.17) is 5.73 Å². The second kappa shape index (κ2) is 6.05. The van der Waals surface area contributed by atoms with Crippen LogP contribution in [0.4, 0.5) is 5.69 Å². The molecule has 0 aliphatic carbocycles. The SMILES string of the molecule is Cc1cc(C)cc(N2CCC(C(=O)NCCN)C2=O)c1. The Hall–Kier alpha value is -1.88. The van der Waals surface area contributed by atoms with E-state index in [0.29, 0.717) is 26.1 Å². The van der Waals surface area contributed by atoms with Crippen molar-refractivity contribution in [1.29, 1.82) is 0 Å². The van der Waals surface area contributed by atoms with E-state index in [1.54, 1.807) is 4.90 Å². The summed E-state index contributed by atoms with van der Waals surface area (Å²) in [6.45, 7) is 5.38. The Labute approximate surface area is 119 Å². The third kappa shape index (κ3) is 2.99. The number of amides is 2. The van der Waals surface area contributed by atoms with Crippen LogP contribution >= 0.6 is 0 Å². The van der Waals surface area contributed by atoms with Crippen molar-refractivity contribution in [1.82, 2.24) is 5.32 Å². The van der Waals surface area contributed by atoms with E-state index in [1.807, 2.05) is 26.0 Å². The molecule has 20 heavy (non-hydrogen) atoms. The third-order valence-electron chi connectivity index (χ3n) is 3.48. The van der Waals surface area contributed by atoms with Gasteiger partial charge in [-0.15, -0.1) is 0 Å². The largest absolute Gasteiger partial charge is 0.354 e. The lowest BCUT2D eigenvalue weighted by Gasteiger charge is -2.18. The van der Waals surface area contributed by atoms with Crippen LogP contribution in [0.5, 0.6) is 0 Å². The molecule has 1 aliphatic heterocycles. The summed E-state index contributed by atoms with van der Waals surface area (Å²) in [6.07, 6.45) is 0.558. The van der Waals surface area contributed by atoms with Crippen LogP contribution in [0.25, 0.3) is 0 Å². The quantitative estimate of drug-likeness (QED) is 0.795. The van der Waals surface area contributed by atoms with Gasteiger partial charge in [0.1, 0.15) is 5.92 Å². The summed E-state index contributed by atoms with van der Waals surface area (Å²) in [6, 6.07) is 6.02. The van der Waals surface area contributed by atoms with E-state index in [9.17, 15) is 9.59 Å². The van der Waals surface area contributed by atoms with Crippen molar-refractivity contribution in [2.24, 2.45) is 11.7 Å². The van der Waals surface area contributed by atoms with Crippen LogP contribution in [0.1, 0.15) is 17.5 Å². The maximum atomic E-state index is 12.4. The molecule has 5 nitrogen and oxygen atoms in total. The second-order valence-corrected chi connectivity index (χ2v) is 5.26. The number of carbonyl (C=O) groups excluding carboxylic acids is 2. The van der Waals surface area contributed by atoms with Crippen molar-refractivity contribution in [2.75, 3.05) is 24.5 Å². The summed E-state index contributed by atoms with van der Waals surface area (Å²) < 4.78 is 0. The Kier molecular flexibility index (Phi) is 4.39. The highest BCUT2D eigenvalue weighted by Gasteiger charge is 2.37. The molecule has 1 unspecified atom stereocenters. The molecule has 0 aromatic heterocycles. The highest BCUT2D eigenvalue weighted by atomic mass is 16.2. The van der Waals surface area contributed by atoms with Gasteiger partial charge in [-0.2, -0.15) is 0 Å². The molecule has 1 heterocycles. The molecule has 1 aliphatic rings. The van der Waals surface area contributed by atoms with Gasteiger partial charge in [-0.1, -0.05) is 6.07 Å². The molecule has 1 fully saturated rings. The molecule has 0 bridgehead atoms. The van der Waals surface area contributed by atoms with E-state index in [0.717, 1.165) is 16.8 Å². The molecule has 1 atom stereocenters. The smallest absolute Gasteiger partial charge is 0.239 e. The highest BCUT2D eigenvalue weighted by molar-refractivity contribution is 6.09. The molecule has 0 saturated carbocycles. The number of carbonyl (C=O) groups is 2. The lowest BCUT2D eigenvalue weighted by Crippen LogP contribution is -2.38. The van der Waals surface area contributed by atoms with E-state index in [1.165, 1.54) is 0 Å². The predicted octanol–water partition coefficient (Wildman–Crippen LogP) is 0.731. The zero-order valence-electron chi connectivity index (χ0n) is 12.0. The average molecular weight is 275 g/mol. The van der Waals surface area contributed by atoms with Crippen molar-refractivity contribution < 1.29 is 9.59 Å². The third-order valence-corrected chi connectivity index (χ3v) is 3.48. The van der Waals surface area contributed by atoms with Crippen LogP contribution in [-0.4, -0.2) is 31.4 Å². The van der Waals surface area contributed by atoms with Gasteiger partial charge in [-0.05, 0) is 43.5 Å². The van der Waals surface area contributed by atoms with Crippen LogP contribution in [0.15, 0.2) is 18.2 Å². The molecule has 1 aromatic rings. The maximum Gasteiger partial charge on any atom is 0.239 e. The lowest BCUT2D eigenvalue weighted by atomic mass is 10.1. The minimum absolute atomic E-state index is 0.121. The zero-order valence-corrected chi connectivity index (χ0v) is 12.0. The van der Waals surface area contributed by atoms with Gasteiger partial charge in [0.2, 0.25) is 11.8 Å². The van der Waals surface area contributed by atoms with Crippen LogP contribution in [0.2, 0.25) is 0 Å². The number of hydrogen-bond donors (Lipinski definition) is 2. The van der Waals surface area contributed by atoms with Gasteiger partial charge in [0.15, 0.2) is 0 Å². The van der Waals surface area contributed by atoms with E-state index in [-0.39, 0.29) is 11.8 Å². The summed E-state index contributed by atoms with van der Waals surface area (Å²) in [7, 11) is 0. The Bertz CT molecular complexity index is 508. The Balaban J connectivity index is 2.12. The topological polar surface area (TPSA) is 75.4 Å². The Morgan fingerprint density at radius 1 is 1.35 bits per heavy atom. The van der Waals surface area contributed by atoms with E-state index >= 15 is 0 Å². The first-order valence-electron chi connectivity index (χ1n) is 6.90. The van der Waals surface area contributed by atoms with Crippen molar-refractivity contribution in [3.8, 4) is 0 Å². The summed E-state index contributed by atoms with van der Waals surface area (Å²) in [4.78, 5) is 26.0. The first-order chi connectivity index (χ1) is 9.52. The number of anilines is 1. The summed E-state index contributed by atoms with van der Waals surface area (Å²) in [5.74, 6) is -0.917. The molecule has 1 saturated heterocycles. The van der Waals surface area contributed by atoms with Crippen molar-refractivity contribution in [3.63, 3.8) is 0 Å². The number of rotatable bonds is 4. The van der Waals surface area contributed by atoms with E-state index < -0.39 is 5.92 Å². The van der Waals surface area contributed by atoms with Gasteiger partial charge in [-0.3, -0.25) is 9.59 Å². The monoisotopic (exact) mass is 275 g/mol. The first kappa shape index (κ1) is 14.5. The molecule has 2 amide bonds. The number of hydrogen-bond acceptors (Lipinski definition) is 3. The average Bonchev–Trinajstić information content (AvgIpc) is 2.76. The molecule has 0 radical (unpaired) electrons. The number of nitrogens with one attached hydrogen (secondary N) is 1. The van der Waals surface area contributed by atoms with Gasteiger partial charge in [0.05, 0.1) is 0 Å². The number of nitrogens with two attached hydrogens (primary N) is 1. The highest BCUT2D eigenvalue weighted by Crippen LogP contribution is 2.27. The second-order valence-electron chi connectivity index (χ2n) is 5.26. The molecule has 3 N–H and O–H groups in total. The number of nitrogens with zero attached hydrogens (tertiary/aromatic N) is 1. The van der Waals surface area contributed by atoms with Crippen LogP contribution in [0.3, 0.4) is 0 Å². The lowest BCUT2D eigenvalue weighted by molar-refractivity contribution is -0.132. The van der Waals surface area contributed by atoms with Crippen molar-refractivity contribution >= 4 is 17.5 Å². The van der Waals surface area contributed by atoms with Crippen LogP contribution in [-0.2, 0) is 9.59 Å². The molecular formula is C15H21N3O2. The number of aryl methyl sites for hydroxylation is 2. The maximum absolute atomic E-state index is 12.4. The fourth-order valence-corrected chi connectivity index (χ4v) is 2.60. The molecule has 0 spiro atoms. The van der Waals surface area contributed by atoms with Gasteiger partial charge >= 0.3 is 0 Å².